The van der Waals surface area contributed by atoms with E-state index in [1.807, 2.05) is 24.3 Å². The fourth-order valence-corrected chi connectivity index (χ4v) is 2.53. The quantitative estimate of drug-likeness (QED) is 0.296. The number of rotatable bonds is 9. The van der Waals surface area contributed by atoms with E-state index in [1.165, 1.54) is 12.8 Å². The fraction of sp³-hybridized carbons (Fsp3) is 0.286. The van der Waals surface area contributed by atoms with Crippen LogP contribution in [0.1, 0.15) is 43.7 Å². The van der Waals surface area contributed by atoms with Crippen LogP contribution in [0.4, 0.5) is 5.69 Å². The van der Waals surface area contributed by atoms with E-state index in [9.17, 15) is 9.90 Å². The van der Waals surface area contributed by atoms with Crippen LogP contribution < -0.4 is 10.5 Å². The number of hydrogen-bond donors (Lipinski definition) is 2. The second-order valence-corrected chi connectivity index (χ2v) is 5.93. The highest BCUT2D eigenvalue weighted by Crippen LogP contribution is 2.26. The van der Waals surface area contributed by atoms with Crippen molar-refractivity contribution in [2.45, 2.75) is 32.6 Å². The number of nitrogen functional groups attached to an aromatic ring is 1. The van der Waals surface area contributed by atoms with E-state index in [0.29, 0.717) is 23.6 Å². The van der Waals surface area contributed by atoms with Crippen molar-refractivity contribution in [1.29, 1.82) is 0 Å². The zero-order chi connectivity index (χ0) is 18.1. The van der Waals surface area contributed by atoms with E-state index in [0.717, 1.165) is 18.4 Å². The first-order valence-corrected chi connectivity index (χ1v) is 8.64. The lowest BCUT2D eigenvalue weighted by molar-refractivity contribution is -0.130. The summed E-state index contributed by atoms with van der Waals surface area (Å²) in [7, 11) is 0. The zero-order valence-corrected chi connectivity index (χ0v) is 14.6. The van der Waals surface area contributed by atoms with Crippen molar-refractivity contribution in [1.82, 2.24) is 0 Å². The largest absolute Gasteiger partial charge is 0.493 e. The molecule has 132 valence electrons. The Morgan fingerprint density at radius 1 is 1.08 bits per heavy atom. The first kappa shape index (κ1) is 18.6. The van der Waals surface area contributed by atoms with Gasteiger partial charge >= 0.3 is 5.97 Å². The zero-order valence-electron chi connectivity index (χ0n) is 14.6. The molecule has 4 nitrogen and oxygen atoms in total. The summed E-state index contributed by atoms with van der Waals surface area (Å²) in [6, 6.07) is 14.3. The maximum absolute atomic E-state index is 11.7. The van der Waals surface area contributed by atoms with E-state index in [2.05, 4.69) is 6.92 Å². The first-order chi connectivity index (χ1) is 12.1. The monoisotopic (exact) mass is 339 g/mol. The molecule has 0 amide bonds. The Labute approximate surface area is 148 Å². The molecule has 0 bridgehead atoms. The van der Waals surface area contributed by atoms with Crippen LogP contribution in [-0.2, 0) is 4.79 Å². The number of carboxylic acids is 1. The predicted molar refractivity (Wildman–Crippen MR) is 102 cm³/mol. The molecule has 0 radical (unpaired) electrons. The highest BCUT2D eigenvalue weighted by molar-refractivity contribution is 6.20. The van der Waals surface area contributed by atoms with Crippen LogP contribution in [0, 0.1) is 0 Å². The summed E-state index contributed by atoms with van der Waals surface area (Å²) in [5.74, 6) is -0.282. The van der Waals surface area contributed by atoms with Gasteiger partial charge in [-0.1, -0.05) is 56.5 Å². The number of benzene rings is 2. The minimum absolute atomic E-state index is 0.210. The topological polar surface area (TPSA) is 72.5 Å². The molecule has 0 aliphatic rings. The van der Waals surface area contributed by atoms with E-state index in [4.69, 9.17) is 10.5 Å². The van der Waals surface area contributed by atoms with Crippen molar-refractivity contribution in [2.24, 2.45) is 0 Å². The molecule has 2 rings (SSSR count). The van der Waals surface area contributed by atoms with Crippen LogP contribution in [0.2, 0.25) is 0 Å². The van der Waals surface area contributed by atoms with Crippen molar-refractivity contribution in [3.63, 3.8) is 0 Å². The minimum atomic E-state index is -0.984. The smallest absolute Gasteiger partial charge is 0.336 e. The lowest BCUT2D eigenvalue weighted by atomic mass is 10.0. The van der Waals surface area contributed by atoms with Gasteiger partial charge in [0.25, 0.3) is 0 Å². The normalized spacial score (nSPS) is 11.3. The minimum Gasteiger partial charge on any atom is -0.493 e. The Kier molecular flexibility index (Phi) is 7.08. The number of ether oxygens (including phenoxy) is 1. The van der Waals surface area contributed by atoms with E-state index >= 15 is 0 Å². The summed E-state index contributed by atoms with van der Waals surface area (Å²) in [4.78, 5) is 11.7. The number of nitrogens with two attached hydrogens (primary N) is 1. The third kappa shape index (κ3) is 5.68. The number of unbranched alkanes of at least 4 members (excludes halogenated alkanes) is 3. The molecular formula is C21H25NO3. The van der Waals surface area contributed by atoms with Crippen molar-refractivity contribution in [3.8, 4) is 5.75 Å². The van der Waals surface area contributed by atoms with Crippen LogP contribution in [-0.4, -0.2) is 17.7 Å². The number of para-hydroxylation sites is 1. The highest BCUT2D eigenvalue weighted by Gasteiger charge is 2.12. The second-order valence-electron chi connectivity index (χ2n) is 5.93. The van der Waals surface area contributed by atoms with Crippen LogP contribution in [0.3, 0.4) is 0 Å². The molecule has 0 unspecified atom stereocenters. The summed E-state index contributed by atoms with van der Waals surface area (Å²) < 4.78 is 5.86. The highest BCUT2D eigenvalue weighted by atomic mass is 16.5. The van der Waals surface area contributed by atoms with Gasteiger partial charge in [-0.3, -0.25) is 0 Å². The van der Waals surface area contributed by atoms with Crippen LogP contribution in [0.15, 0.2) is 48.5 Å². The van der Waals surface area contributed by atoms with Gasteiger partial charge in [0, 0.05) is 11.3 Å². The Morgan fingerprint density at radius 2 is 1.80 bits per heavy atom. The molecule has 2 aromatic carbocycles. The predicted octanol–water partition coefficient (Wildman–Crippen LogP) is 4.85. The molecule has 25 heavy (non-hydrogen) atoms. The molecule has 0 spiro atoms. The lowest BCUT2D eigenvalue weighted by Crippen LogP contribution is -2.02. The molecule has 4 heteroatoms. The average Bonchev–Trinajstić information content (AvgIpc) is 2.61. The lowest BCUT2D eigenvalue weighted by Gasteiger charge is -2.10. The third-order valence-electron chi connectivity index (χ3n) is 3.93. The Hall–Kier alpha value is -2.75. The molecule has 0 aromatic heterocycles. The molecule has 0 aliphatic heterocycles. The SMILES string of the molecule is CCCCCCOc1ccccc1/C=C(\C(=O)O)c1ccc(N)cc1. The molecule has 0 aliphatic carbocycles. The Balaban J connectivity index is 2.21. The van der Waals surface area contributed by atoms with Gasteiger partial charge in [0.1, 0.15) is 5.75 Å². The maximum atomic E-state index is 11.7. The molecular weight excluding hydrogens is 314 g/mol. The van der Waals surface area contributed by atoms with Gasteiger partial charge in [-0.05, 0) is 36.3 Å². The molecule has 0 heterocycles. The van der Waals surface area contributed by atoms with E-state index < -0.39 is 5.97 Å². The van der Waals surface area contributed by atoms with Gasteiger partial charge in [-0.25, -0.2) is 4.79 Å². The van der Waals surface area contributed by atoms with Gasteiger partial charge in [0.05, 0.1) is 12.2 Å². The van der Waals surface area contributed by atoms with E-state index in [1.54, 1.807) is 30.3 Å². The first-order valence-electron chi connectivity index (χ1n) is 8.64. The molecule has 0 saturated heterocycles. The van der Waals surface area contributed by atoms with Gasteiger partial charge in [-0.2, -0.15) is 0 Å². The molecule has 0 saturated carbocycles. The van der Waals surface area contributed by atoms with Crippen molar-refractivity contribution in [3.05, 3.63) is 59.7 Å². The maximum Gasteiger partial charge on any atom is 0.336 e. The standard InChI is InChI=1S/C21H25NO3/c1-2-3-4-7-14-25-20-9-6-5-8-17(20)15-19(21(23)24)16-10-12-18(22)13-11-16/h5-6,8-13,15H,2-4,7,14,22H2,1H3,(H,23,24)/b19-15-. The summed E-state index contributed by atoms with van der Waals surface area (Å²) >= 11 is 0. The van der Waals surface area contributed by atoms with Gasteiger partial charge in [-0.15, -0.1) is 0 Å². The second kappa shape index (κ2) is 9.52. The summed E-state index contributed by atoms with van der Waals surface area (Å²) in [6.45, 7) is 2.81. The molecule has 3 N–H and O–H groups in total. The van der Waals surface area contributed by atoms with Crippen molar-refractivity contribution >= 4 is 23.3 Å². The summed E-state index contributed by atoms with van der Waals surface area (Å²) in [6.07, 6.45) is 6.17. The van der Waals surface area contributed by atoms with Gasteiger partial charge < -0.3 is 15.6 Å². The van der Waals surface area contributed by atoms with E-state index in [-0.39, 0.29) is 5.57 Å². The number of anilines is 1. The molecule has 0 atom stereocenters. The Morgan fingerprint density at radius 3 is 2.48 bits per heavy atom. The number of aliphatic carboxylic acids is 1. The summed E-state index contributed by atoms with van der Waals surface area (Å²) in [5, 5.41) is 9.58. The van der Waals surface area contributed by atoms with Crippen LogP contribution in [0.5, 0.6) is 5.75 Å². The number of hydrogen-bond acceptors (Lipinski definition) is 3. The number of carbonyl (C=O) groups is 1. The van der Waals surface area contributed by atoms with Gasteiger partial charge in [0.15, 0.2) is 0 Å². The fourth-order valence-electron chi connectivity index (χ4n) is 2.53. The van der Waals surface area contributed by atoms with Crippen LogP contribution in [0.25, 0.3) is 11.6 Å². The molecule has 0 fully saturated rings. The number of carboxylic acid groups (broad SMARTS) is 1. The average molecular weight is 339 g/mol. The van der Waals surface area contributed by atoms with Crippen molar-refractivity contribution < 1.29 is 14.6 Å². The third-order valence-corrected chi connectivity index (χ3v) is 3.93. The van der Waals surface area contributed by atoms with Crippen LogP contribution >= 0.6 is 0 Å². The molecule has 2 aromatic rings. The Bertz CT molecular complexity index is 720. The van der Waals surface area contributed by atoms with Crippen molar-refractivity contribution in [2.75, 3.05) is 12.3 Å². The van der Waals surface area contributed by atoms with Gasteiger partial charge in [0.2, 0.25) is 0 Å². The summed E-state index contributed by atoms with van der Waals surface area (Å²) in [5.41, 5.74) is 7.86.